The average molecular weight is 199 g/mol. The van der Waals surface area contributed by atoms with Crippen LogP contribution in [-0.4, -0.2) is 15.0 Å². The number of hydrogen-bond donors (Lipinski definition) is 0. The first-order chi connectivity index (χ1) is 6.47. The first-order valence-corrected chi connectivity index (χ1v) is 3.11. The van der Waals surface area contributed by atoms with E-state index in [1.807, 2.05) is 0 Å². The normalized spacial score (nSPS) is 10.4. The van der Waals surface area contributed by atoms with Crippen molar-refractivity contribution in [3.05, 3.63) is 17.5 Å². The largest absolute Gasteiger partial charge is 0.451 e. The fourth-order valence-electron chi connectivity index (χ4n) is 0.603. The van der Waals surface area contributed by atoms with Gasteiger partial charge in [-0.3, -0.25) is 0 Å². The standard InChI is InChI=1S/C6F3N5/c7-6(8,9)5-13-3(1-10)12-4(2-11)14-5. The molecule has 0 aliphatic rings. The number of hydrogen-bond acceptors (Lipinski definition) is 5. The Morgan fingerprint density at radius 2 is 1.36 bits per heavy atom. The molecule has 70 valence electrons. The van der Waals surface area contributed by atoms with Crippen LogP contribution in [0.3, 0.4) is 0 Å². The Hall–Kier alpha value is -2.22. The predicted octanol–water partition coefficient (Wildman–Crippen LogP) is 0.634. The lowest BCUT2D eigenvalue weighted by molar-refractivity contribution is -0.145. The van der Waals surface area contributed by atoms with E-state index in [1.54, 1.807) is 0 Å². The van der Waals surface area contributed by atoms with Crippen molar-refractivity contribution < 1.29 is 13.2 Å². The van der Waals surface area contributed by atoms with Crippen molar-refractivity contribution in [3.8, 4) is 12.1 Å². The van der Waals surface area contributed by atoms with Crippen LogP contribution in [0, 0.1) is 22.7 Å². The maximum atomic E-state index is 12.0. The molecule has 1 rings (SSSR count). The summed E-state index contributed by atoms with van der Waals surface area (Å²) >= 11 is 0. The van der Waals surface area contributed by atoms with Crippen molar-refractivity contribution in [2.24, 2.45) is 0 Å². The quantitative estimate of drug-likeness (QED) is 0.611. The first-order valence-electron chi connectivity index (χ1n) is 3.11. The summed E-state index contributed by atoms with van der Waals surface area (Å²) in [5.74, 6) is -3.01. The van der Waals surface area contributed by atoms with E-state index in [0.29, 0.717) is 0 Å². The zero-order chi connectivity index (χ0) is 10.8. The Balaban J connectivity index is 3.36. The summed E-state index contributed by atoms with van der Waals surface area (Å²) in [6.07, 6.45) is -4.79. The van der Waals surface area contributed by atoms with E-state index in [-0.39, 0.29) is 0 Å². The monoisotopic (exact) mass is 199 g/mol. The van der Waals surface area contributed by atoms with Gasteiger partial charge in [-0.25, -0.2) is 0 Å². The van der Waals surface area contributed by atoms with Crippen molar-refractivity contribution in [1.29, 1.82) is 10.5 Å². The summed E-state index contributed by atoms with van der Waals surface area (Å²) in [6.45, 7) is 0. The minimum atomic E-state index is -4.79. The molecule has 0 saturated heterocycles. The molecule has 0 aliphatic carbocycles. The van der Waals surface area contributed by atoms with Crippen LogP contribution in [0.25, 0.3) is 0 Å². The Labute approximate surface area is 75.5 Å². The van der Waals surface area contributed by atoms with Gasteiger partial charge in [-0.1, -0.05) is 0 Å². The summed E-state index contributed by atoms with van der Waals surface area (Å²) in [6, 6.07) is 2.60. The molecule has 0 amide bonds. The van der Waals surface area contributed by atoms with E-state index in [2.05, 4.69) is 15.0 Å². The molecule has 0 N–H and O–H groups in total. The van der Waals surface area contributed by atoms with Gasteiger partial charge in [0.05, 0.1) is 0 Å². The van der Waals surface area contributed by atoms with Crippen molar-refractivity contribution in [2.45, 2.75) is 6.18 Å². The highest BCUT2D eigenvalue weighted by Crippen LogP contribution is 2.25. The van der Waals surface area contributed by atoms with Gasteiger partial charge in [-0.15, -0.1) is 0 Å². The molecule has 0 spiro atoms. The average Bonchev–Trinajstić information content (AvgIpc) is 2.15. The van der Waals surface area contributed by atoms with Crippen LogP contribution < -0.4 is 0 Å². The van der Waals surface area contributed by atoms with Crippen molar-refractivity contribution >= 4 is 0 Å². The zero-order valence-electron chi connectivity index (χ0n) is 6.37. The van der Waals surface area contributed by atoms with Crippen LogP contribution in [0.1, 0.15) is 17.5 Å². The molecule has 0 fully saturated rings. The first kappa shape index (κ1) is 9.86. The van der Waals surface area contributed by atoms with Crippen molar-refractivity contribution in [1.82, 2.24) is 15.0 Å². The lowest BCUT2D eigenvalue weighted by Gasteiger charge is -2.03. The van der Waals surface area contributed by atoms with E-state index >= 15 is 0 Å². The number of alkyl halides is 3. The maximum absolute atomic E-state index is 12.0. The molecule has 0 atom stereocenters. The summed E-state index contributed by atoms with van der Waals surface area (Å²) in [5, 5.41) is 16.5. The van der Waals surface area contributed by atoms with Gasteiger partial charge in [0.1, 0.15) is 12.1 Å². The number of nitrogens with zero attached hydrogens (tertiary/aromatic N) is 5. The summed E-state index contributed by atoms with van der Waals surface area (Å²) < 4.78 is 36.1. The molecule has 1 aromatic rings. The van der Waals surface area contributed by atoms with E-state index in [1.165, 1.54) is 12.1 Å². The van der Waals surface area contributed by atoms with Crippen LogP contribution in [0.4, 0.5) is 13.2 Å². The van der Waals surface area contributed by atoms with Gasteiger partial charge < -0.3 is 0 Å². The smallest absolute Gasteiger partial charge is 0.195 e. The molecule has 14 heavy (non-hydrogen) atoms. The van der Waals surface area contributed by atoms with Gasteiger partial charge in [-0.05, 0) is 0 Å². The Kier molecular flexibility index (Phi) is 2.30. The molecule has 0 aliphatic heterocycles. The third-order valence-electron chi connectivity index (χ3n) is 1.09. The summed E-state index contributed by atoms with van der Waals surface area (Å²) in [7, 11) is 0. The molecular formula is C6F3N5. The predicted molar refractivity (Wildman–Crippen MR) is 34.3 cm³/mol. The fraction of sp³-hybridized carbons (Fsp3) is 0.167. The second-order valence-corrected chi connectivity index (χ2v) is 2.03. The number of nitriles is 2. The number of aromatic nitrogens is 3. The van der Waals surface area contributed by atoms with Gasteiger partial charge >= 0.3 is 6.18 Å². The number of halogens is 3. The van der Waals surface area contributed by atoms with Gasteiger partial charge in [0.15, 0.2) is 0 Å². The van der Waals surface area contributed by atoms with Gasteiger partial charge in [0.2, 0.25) is 17.5 Å². The second-order valence-electron chi connectivity index (χ2n) is 2.03. The highest BCUT2D eigenvalue weighted by Gasteiger charge is 2.35. The van der Waals surface area contributed by atoms with Gasteiger partial charge in [-0.2, -0.15) is 38.6 Å². The molecule has 0 radical (unpaired) electrons. The van der Waals surface area contributed by atoms with Crippen LogP contribution in [0.2, 0.25) is 0 Å². The third kappa shape index (κ3) is 1.93. The van der Waals surface area contributed by atoms with E-state index in [4.69, 9.17) is 10.5 Å². The van der Waals surface area contributed by atoms with E-state index in [9.17, 15) is 13.2 Å². The second kappa shape index (κ2) is 3.26. The maximum Gasteiger partial charge on any atom is 0.451 e. The van der Waals surface area contributed by atoms with Crippen molar-refractivity contribution in [3.63, 3.8) is 0 Å². The van der Waals surface area contributed by atoms with Crippen molar-refractivity contribution in [2.75, 3.05) is 0 Å². The van der Waals surface area contributed by atoms with Crippen LogP contribution in [0.15, 0.2) is 0 Å². The Morgan fingerprint density at radius 3 is 1.64 bits per heavy atom. The van der Waals surface area contributed by atoms with Gasteiger partial charge in [0, 0.05) is 0 Å². The molecule has 1 heterocycles. The van der Waals surface area contributed by atoms with Crippen LogP contribution >= 0.6 is 0 Å². The highest BCUT2D eigenvalue weighted by molar-refractivity contribution is 5.18. The SMILES string of the molecule is N#Cc1nc(C#N)nc(C(F)(F)F)n1. The zero-order valence-corrected chi connectivity index (χ0v) is 6.37. The third-order valence-corrected chi connectivity index (χ3v) is 1.09. The molecule has 1 aromatic heterocycles. The van der Waals surface area contributed by atoms with Crippen LogP contribution in [0.5, 0.6) is 0 Å². The minimum absolute atomic E-state index is 0.733. The molecule has 0 saturated carbocycles. The molecule has 0 unspecified atom stereocenters. The minimum Gasteiger partial charge on any atom is -0.195 e. The highest BCUT2D eigenvalue weighted by atomic mass is 19.4. The molecule has 5 nitrogen and oxygen atoms in total. The Bertz CT molecular complexity index is 406. The fourth-order valence-corrected chi connectivity index (χ4v) is 0.603. The summed E-state index contributed by atoms with van der Waals surface area (Å²) in [5.41, 5.74) is 0. The lowest BCUT2D eigenvalue weighted by Crippen LogP contribution is -2.14. The lowest BCUT2D eigenvalue weighted by atomic mass is 10.5. The molecule has 0 bridgehead atoms. The van der Waals surface area contributed by atoms with E-state index < -0.39 is 23.6 Å². The number of rotatable bonds is 0. The summed E-state index contributed by atoms with van der Waals surface area (Å²) in [4.78, 5) is 8.76. The van der Waals surface area contributed by atoms with Crippen LogP contribution in [-0.2, 0) is 6.18 Å². The molecule has 0 aromatic carbocycles. The topological polar surface area (TPSA) is 86.2 Å². The molecule has 8 heteroatoms. The van der Waals surface area contributed by atoms with Gasteiger partial charge in [0.25, 0.3) is 0 Å². The molecular weight excluding hydrogens is 199 g/mol. The van der Waals surface area contributed by atoms with E-state index in [0.717, 1.165) is 0 Å². The Morgan fingerprint density at radius 1 is 0.929 bits per heavy atom.